The summed E-state index contributed by atoms with van der Waals surface area (Å²) in [7, 11) is 0. The molecule has 0 bridgehead atoms. The predicted octanol–water partition coefficient (Wildman–Crippen LogP) is 5.37. The van der Waals surface area contributed by atoms with Gasteiger partial charge in [0.25, 0.3) is 0 Å². The van der Waals surface area contributed by atoms with E-state index in [-0.39, 0.29) is 10.3 Å². The number of ether oxygens (including phenoxy) is 1. The summed E-state index contributed by atoms with van der Waals surface area (Å²) in [6.07, 6.45) is 0.913. The summed E-state index contributed by atoms with van der Waals surface area (Å²) in [5.41, 5.74) is 0.946. The monoisotopic (exact) mass is 414 g/mol. The highest BCUT2D eigenvalue weighted by atomic mass is 79.9. The maximum absolute atomic E-state index is 13.2. The Kier molecular flexibility index (Phi) is 5.53. The molecule has 0 radical (unpaired) electrons. The van der Waals surface area contributed by atoms with Crippen molar-refractivity contribution in [1.82, 2.24) is 0 Å². The summed E-state index contributed by atoms with van der Waals surface area (Å²) in [5.74, 6) is 0.142. The quantitative estimate of drug-likeness (QED) is 0.613. The first-order valence-corrected chi connectivity index (χ1v) is 8.03. The standard InChI is InChI=1S/C16H13Br2FO2/c1-2-7-21-15-6-4-11(9-13(15)18)16(20)10-3-5-14(19)12(17)8-10/h3-6,8-9H,2,7H2,1H3. The number of hydrogen-bond donors (Lipinski definition) is 0. The van der Waals surface area contributed by atoms with E-state index in [0.29, 0.717) is 23.5 Å². The molecule has 0 aliphatic carbocycles. The summed E-state index contributed by atoms with van der Waals surface area (Å²) >= 11 is 6.48. The third-order valence-electron chi connectivity index (χ3n) is 2.84. The molecule has 0 saturated carbocycles. The minimum atomic E-state index is -0.393. The topological polar surface area (TPSA) is 26.3 Å². The highest BCUT2D eigenvalue weighted by Gasteiger charge is 2.13. The third-order valence-corrected chi connectivity index (χ3v) is 4.06. The first-order chi connectivity index (χ1) is 10.0. The van der Waals surface area contributed by atoms with E-state index in [9.17, 15) is 9.18 Å². The predicted molar refractivity (Wildman–Crippen MR) is 87.5 cm³/mol. The van der Waals surface area contributed by atoms with Gasteiger partial charge >= 0.3 is 0 Å². The zero-order valence-corrected chi connectivity index (χ0v) is 14.5. The molecule has 0 N–H and O–H groups in total. The van der Waals surface area contributed by atoms with Gasteiger partial charge in [-0.25, -0.2) is 4.39 Å². The summed E-state index contributed by atoms with van der Waals surface area (Å²) in [4.78, 5) is 12.4. The average Bonchev–Trinajstić information content (AvgIpc) is 2.48. The van der Waals surface area contributed by atoms with Crippen molar-refractivity contribution < 1.29 is 13.9 Å². The Morgan fingerprint density at radius 3 is 2.29 bits per heavy atom. The summed E-state index contributed by atoms with van der Waals surface area (Å²) in [6.45, 7) is 2.65. The van der Waals surface area contributed by atoms with Gasteiger partial charge in [0.05, 0.1) is 15.6 Å². The van der Waals surface area contributed by atoms with Gasteiger partial charge < -0.3 is 4.74 Å². The number of carbonyl (C=O) groups is 1. The summed E-state index contributed by atoms with van der Waals surface area (Å²) in [5, 5.41) is 0. The number of benzene rings is 2. The van der Waals surface area contributed by atoms with Crippen molar-refractivity contribution in [2.24, 2.45) is 0 Å². The average molecular weight is 416 g/mol. The second-order valence-electron chi connectivity index (χ2n) is 4.45. The molecule has 21 heavy (non-hydrogen) atoms. The van der Waals surface area contributed by atoms with Crippen LogP contribution in [0.25, 0.3) is 0 Å². The van der Waals surface area contributed by atoms with Gasteiger partial charge in [-0.3, -0.25) is 4.79 Å². The molecule has 2 nitrogen and oxygen atoms in total. The van der Waals surface area contributed by atoms with Crippen molar-refractivity contribution in [3.05, 3.63) is 62.3 Å². The van der Waals surface area contributed by atoms with E-state index >= 15 is 0 Å². The molecule has 2 aromatic rings. The Morgan fingerprint density at radius 2 is 1.71 bits per heavy atom. The summed E-state index contributed by atoms with van der Waals surface area (Å²) in [6, 6.07) is 9.39. The lowest BCUT2D eigenvalue weighted by Crippen LogP contribution is -2.03. The molecule has 110 valence electrons. The second kappa shape index (κ2) is 7.18. The van der Waals surface area contributed by atoms with Crippen LogP contribution in [0.5, 0.6) is 5.75 Å². The second-order valence-corrected chi connectivity index (χ2v) is 6.16. The van der Waals surface area contributed by atoms with E-state index in [0.717, 1.165) is 10.9 Å². The molecule has 0 saturated heterocycles. The van der Waals surface area contributed by atoms with Gasteiger partial charge in [0.2, 0.25) is 0 Å². The van der Waals surface area contributed by atoms with Crippen molar-refractivity contribution in [3.8, 4) is 5.75 Å². The fourth-order valence-electron chi connectivity index (χ4n) is 1.78. The molecule has 2 rings (SSSR count). The van der Waals surface area contributed by atoms with Crippen LogP contribution in [0.2, 0.25) is 0 Å². The first-order valence-electron chi connectivity index (χ1n) is 6.45. The molecular formula is C16H13Br2FO2. The molecule has 0 aliphatic rings. The van der Waals surface area contributed by atoms with E-state index in [1.807, 2.05) is 6.92 Å². The Balaban J connectivity index is 2.27. The smallest absolute Gasteiger partial charge is 0.193 e. The zero-order chi connectivity index (χ0) is 15.4. The van der Waals surface area contributed by atoms with Gasteiger partial charge in [-0.15, -0.1) is 0 Å². The molecule has 2 aromatic carbocycles. The normalized spacial score (nSPS) is 10.5. The van der Waals surface area contributed by atoms with Crippen molar-refractivity contribution in [1.29, 1.82) is 0 Å². The van der Waals surface area contributed by atoms with E-state index in [2.05, 4.69) is 31.9 Å². The molecule has 0 unspecified atom stereocenters. The van der Waals surface area contributed by atoms with Crippen LogP contribution in [0.15, 0.2) is 45.3 Å². The van der Waals surface area contributed by atoms with E-state index < -0.39 is 5.82 Å². The van der Waals surface area contributed by atoms with Gasteiger partial charge in [-0.05, 0) is 74.7 Å². The number of rotatable bonds is 5. The lowest BCUT2D eigenvalue weighted by molar-refractivity contribution is 0.103. The van der Waals surface area contributed by atoms with Gasteiger partial charge in [-0.1, -0.05) is 6.92 Å². The number of hydrogen-bond acceptors (Lipinski definition) is 2. The fourth-order valence-corrected chi connectivity index (χ4v) is 2.65. The largest absolute Gasteiger partial charge is 0.492 e. The highest BCUT2D eigenvalue weighted by molar-refractivity contribution is 9.10. The van der Waals surface area contributed by atoms with Crippen LogP contribution >= 0.6 is 31.9 Å². The number of ketones is 1. The lowest BCUT2D eigenvalue weighted by atomic mass is 10.0. The van der Waals surface area contributed by atoms with Gasteiger partial charge in [-0.2, -0.15) is 0 Å². The van der Waals surface area contributed by atoms with Crippen molar-refractivity contribution >= 4 is 37.6 Å². The highest BCUT2D eigenvalue weighted by Crippen LogP contribution is 2.28. The Hall–Kier alpha value is -1.20. The molecule has 5 heteroatoms. The zero-order valence-electron chi connectivity index (χ0n) is 11.3. The molecular weight excluding hydrogens is 403 g/mol. The van der Waals surface area contributed by atoms with E-state index in [4.69, 9.17) is 4.74 Å². The minimum Gasteiger partial charge on any atom is -0.492 e. The lowest BCUT2D eigenvalue weighted by Gasteiger charge is -2.09. The van der Waals surface area contributed by atoms with Crippen LogP contribution in [0, 0.1) is 5.82 Å². The van der Waals surface area contributed by atoms with E-state index in [1.54, 1.807) is 18.2 Å². The van der Waals surface area contributed by atoms with Gasteiger partial charge in [0.15, 0.2) is 5.78 Å². The Bertz CT molecular complexity index is 671. The SMILES string of the molecule is CCCOc1ccc(C(=O)c2ccc(F)c(Br)c2)cc1Br. The van der Waals surface area contributed by atoms with Crippen molar-refractivity contribution in [2.45, 2.75) is 13.3 Å². The maximum Gasteiger partial charge on any atom is 0.193 e. The van der Waals surface area contributed by atoms with Crippen LogP contribution in [0.3, 0.4) is 0 Å². The Morgan fingerprint density at radius 1 is 1.10 bits per heavy atom. The Labute approximate surface area is 139 Å². The van der Waals surface area contributed by atoms with E-state index in [1.165, 1.54) is 18.2 Å². The first kappa shape index (κ1) is 16.2. The van der Waals surface area contributed by atoms with Crippen LogP contribution in [-0.4, -0.2) is 12.4 Å². The van der Waals surface area contributed by atoms with Crippen molar-refractivity contribution in [2.75, 3.05) is 6.61 Å². The van der Waals surface area contributed by atoms with Crippen LogP contribution in [0.4, 0.5) is 4.39 Å². The van der Waals surface area contributed by atoms with Crippen LogP contribution < -0.4 is 4.74 Å². The summed E-state index contributed by atoms with van der Waals surface area (Å²) < 4.78 is 19.8. The van der Waals surface area contributed by atoms with Gasteiger partial charge in [0, 0.05) is 11.1 Å². The van der Waals surface area contributed by atoms with Gasteiger partial charge in [0.1, 0.15) is 11.6 Å². The molecule has 0 aromatic heterocycles. The van der Waals surface area contributed by atoms with Crippen LogP contribution in [-0.2, 0) is 0 Å². The maximum atomic E-state index is 13.2. The molecule has 0 spiro atoms. The fraction of sp³-hybridized carbons (Fsp3) is 0.188. The molecule has 0 atom stereocenters. The molecule has 0 heterocycles. The number of halogens is 3. The molecule has 0 fully saturated rings. The van der Waals surface area contributed by atoms with Crippen molar-refractivity contribution in [3.63, 3.8) is 0 Å². The third kappa shape index (κ3) is 3.92. The minimum absolute atomic E-state index is 0.168. The number of carbonyl (C=O) groups excluding carboxylic acids is 1. The molecule has 0 amide bonds. The van der Waals surface area contributed by atoms with Crippen LogP contribution in [0.1, 0.15) is 29.3 Å². The molecule has 0 aliphatic heterocycles.